The van der Waals surface area contributed by atoms with E-state index in [4.69, 9.17) is 11.6 Å². The molecule has 1 fully saturated rings. The Kier molecular flexibility index (Phi) is 3.54. The summed E-state index contributed by atoms with van der Waals surface area (Å²) >= 11 is 6.23. The Labute approximate surface area is 118 Å². The maximum atomic E-state index is 6.23. The first-order valence-corrected chi connectivity index (χ1v) is 6.98. The molecule has 0 saturated carbocycles. The van der Waals surface area contributed by atoms with Gasteiger partial charge in [-0.3, -0.25) is 4.98 Å². The summed E-state index contributed by atoms with van der Waals surface area (Å²) in [7, 11) is 0. The Morgan fingerprint density at radius 2 is 1.89 bits per heavy atom. The molecule has 0 aliphatic carbocycles. The molecule has 1 aliphatic heterocycles. The van der Waals surface area contributed by atoms with Gasteiger partial charge in [-0.25, -0.2) is 0 Å². The van der Waals surface area contributed by atoms with Gasteiger partial charge < -0.3 is 5.32 Å². The van der Waals surface area contributed by atoms with E-state index >= 15 is 0 Å². The van der Waals surface area contributed by atoms with E-state index in [1.165, 1.54) is 11.1 Å². The van der Waals surface area contributed by atoms with Gasteiger partial charge in [0.2, 0.25) is 0 Å². The zero-order valence-corrected chi connectivity index (χ0v) is 11.5. The number of pyridine rings is 1. The Balaban J connectivity index is 1.79. The zero-order chi connectivity index (χ0) is 13.1. The minimum atomic E-state index is 0.298. The topological polar surface area (TPSA) is 24.9 Å². The number of benzene rings is 1. The zero-order valence-electron chi connectivity index (χ0n) is 10.8. The Hall–Kier alpha value is -1.38. The summed E-state index contributed by atoms with van der Waals surface area (Å²) in [6, 6.07) is 12.7. The van der Waals surface area contributed by atoms with E-state index in [0.29, 0.717) is 5.41 Å². The van der Waals surface area contributed by atoms with Crippen LogP contribution in [-0.2, 0) is 12.8 Å². The molecule has 3 heteroatoms. The fourth-order valence-electron chi connectivity index (χ4n) is 2.77. The number of hydrogen-bond donors (Lipinski definition) is 1. The van der Waals surface area contributed by atoms with Crippen LogP contribution in [0.15, 0.2) is 48.8 Å². The van der Waals surface area contributed by atoms with Crippen LogP contribution < -0.4 is 5.32 Å². The van der Waals surface area contributed by atoms with Crippen molar-refractivity contribution in [2.45, 2.75) is 12.8 Å². The van der Waals surface area contributed by atoms with Crippen molar-refractivity contribution < 1.29 is 0 Å². The molecule has 1 aromatic carbocycles. The van der Waals surface area contributed by atoms with Gasteiger partial charge >= 0.3 is 0 Å². The molecule has 1 aromatic heterocycles. The number of rotatable bonds is 4. The molecule has 0 unspecified atom stereocenters. The second-order valence-corrected chi connectivity index (χ2v) is 5.82. The highest BCUT2D eigenvalue weighted by atomic mass is 35.5. The first-order valence-electron chi connectivity index (χ1n) is 6.61. The largest absolute Gasteiger partial charge is 0.315 e. The number of aromatic nitrogens is 1. The van der Waals surface area contributed by atoms with Gasteiger partial charge in [0.1, 0.15) is 0 Å². The van der Waals surface area contributed by atoms with Gasteiger partial charge in [-0.05, 0) is 30.0 Å². The van der Waals surface area contributed by atoms with Crippen molar-refractivity contribution in [1.82, 2.24) is 10.3 Å². The van der Waals surface area contributed by atoms with Gasteiger partial charge in [-0.1, -0.05) is 41.9 Å². The monoisotopic (exact) mass is 272 g/mol. The average Bonchev–Trinajstić information content (AvgIpc) is 2.40. The number of hydrogen-bond acceptors (Lipinski definition) is 2. The molecule has 0 spiro atoms. The van der Waals surface area contributed by atoms with Crippen LogP contribution in [0.5, 0.6) is 0 Å². The number of nitrogens with zero attached hydrogens (tertiary/aromatic N) is 1. The SMILES string of the molecule is Clc1cnccc1CC1(Cc2ccccc2)CNC1. The fourth-order valence-corrected chi connectivity index (χ4v) is 2.96. The molecule has 1 saturated heterocycles. The van der Waals surface area contributed by atoms with Crippen molar-refractivity contribution in [3.63, 3.8) is 0 Å². The fraction of sp³-hybridized carbons (Fsp3) is 0.312. The normalized spacial score (nSPS) is 16.9. The maximum absolute atomic E-state index is 6.23. The minimum Gasteiger partial charge on any atom is -0.315 e. The van der Waals surface area contributed by atoms with Crippen LogP contribution in [0.4, 0.5) is 0 Å². The lowest BCUT2D eigenvalue weighted by Crippen LogP contribution is -2.56. The van der Waals surface area contributed by atoms with Crippen molar-refractivity contribution in [3.8, 4) is 0 Å². The molecule has 2 nitrogen and oxygen atoms in total. The first kappa shape index (κ1) is 12.6. The summed E-state index contributed by atoms with van der Waals surface area (Å²) in [5.74, 6) is 0. The summed E-state index contributed by atoms with van der Waals surface area (Å²) in [6.45, 7) is 2.11. The van der Waals surface area contributed by atoms with Crippen molar-refractivity contribution in [2.75, 3.05) is 13.1 Å². The third kappa shape index (κ3) is 2.80. The van der Waals surface area contributed by atoms with E-state index < -0.39 is 0 Å². The number of halogens is 1. The first-order chi connectivity index (χ1) is 9.27. The molecule has 0 amide bonds. The summed E-state index contributed by atoms with van der Waals surface area (Å²) in [6.07, 6.45) is 5.67. The Bertz CT molecular complexity index is 550. The molecule has 0 radical (unpaired) electrons. The summed E-state index contributed by atoms with van der Waals surface area (Å²) in [5, 5.41) is 4.18. The molecule has 0 bridgehead atoms. The maximum Gasteiger partial charge on any atom is 0.0621 e. The lowest BCUT2D eigenvalue weighted by atomic mass is 9.72. The highest BCUT2D eigenvalue weighted by Crippen LogP contribution is 2.33. The molecule has 1 aliphatic rings. The lowest BCUT2D eigenvalue weighted by molar-refractivity contribution is 0.166. The van der Waals surface area contributed by atoms with Crippen LogP contribution in [0, 0.1) is 5.41 Å². The molecular weight excluding hydrogens is 256 g/mol. The molecule has 3 rings (SSSR count). The summed E-state index contributed by atoms with van der Waals surface area (Å²) in [4.78, 5) is 4.06. The van der Waals surface area contributed by atoms with E-state index in [1.54, 1.807) is 6.20 Å². The van der Waals surface area contributed by atoms with Gasteiger partial charge in [0.25, 0.3) is 0 Å². The molecule has 0 atom stereocenters. The molecule has 2 aromatic rings. The molecule has 19 heavy (non-hydrogen) atoms. The molecule has 1 N–H and O–H groups in total. The smallest absolute Gasteiger partial charge is 0.0621 e. The van der Waals surface area contributed by atoms with Crippen LogP contribution in [0.25, 0.3) is 0 Å². The Morgan fingerprint density at radius 1 is 1.11 bits per heavy atom. The lowest BCUT2D eigenvalue weighted by Gasteiger charge is -2.43. The van der Waals surface area contributed by atoms with Gasteiger partial charge in [-0.2, -0.15) is 0 Å². The van der Waals surface area contributed by atoms with Crippen molar-refractivity contribution >= 4 is 11.6 Å². The number of nitrogens with one attached hydrogen (secondary N) is 1. The van der Waals surface area contributed by atoms with Gasteiger partial charge in [0, 0.05) is 30.9 Å². The Morgan fingerprint density at radius 3 is 2.53 bits per heavy atom. The quantitative estimate of drug-likeness (QED) is 0.925. The molecular formula is C16H17ClN2. The predicted octanol–water partition coefficient (Wildman–Crippen LogP) is 3.11. The van der Waals surface area contributed by atoms with Crippen molar-refractivity contribution in [1.29, 1.82) is 0 Å². The third-order valence-electron chi connectivity index (χ3n) is 3.84. The van der Waals surface area contributed by atoms with E-state index in [2.05, 4.69) is 40.6 Å². The second kappa shape index (κ2) is 5.32. The van der Waals surface area contributed by atoms with E-state index in [0.717, 1.165) is 31.0 Å². The van der Waals surface area contributed by atoms with E-state index in [1.807, 2.05) is 12.3 Å². The van der Waals surface area contributed by atoms with E-state index in [9.17, 15) is 0 Å². The molecule has 2 heterocycles. The van der Waals surface area contributed by atoms with Crippen molar-refractivity contribution in [3.05, 3.63) is 64.9 Å². The van der Waals surface area contributed by atoms with Crippen LogP contribution in [0.2, 0.25) is 5.02 Å². The highest BCUT2D eigenvalue weighted by Gasteiger charge is 2.37. The second-order valence-electron chi connectivity index (χ2n) is 5.41. The van der Waals surface area contributed by atoms with Gasteiger partial charge in [0.05, 0.1) is 5.02 Å². The predicted molar refractivity (Wildman–Crippen MR) is 78.4 cm³/mol. The van der Waals surface area contributed by atoms with Gasteiger partial charge in [-0.15, -0.1) is 0 Å². The van der Waals surface area contributed by atoms with Crippen LogP contribution in [-0.4, -0.2) is 18.1 Å². The average molecular weight is 273 g/mol. The van der Waals surface area contributed by atoms with Crippen LogP contribution in [0.1, 0.15) is 11.1 Å². The third-order valence-corrected chi connectivity index (χ3v) is 4.18. The molecule has 98 valence electrons. The summed E-state index contributed by atoms with van der Waals surface area (Å²) in [5.41, 5.74) is 2.90. The minimum absolute atomic E-state index is 0.298. The van der Waals surface area contributed by atoms with E-state index in [-0.39, 0.29) is 0 Å². The highest BCUT2D eigenvalue weighted by molar-refractivity contribution is 6.31. The standard InChI is InChI=1S/C16H17ClN2/c17-15-10-18-7-6-14(15)9-16(11-19-12-16)8-13-4-2-1-3-5-13/h1-7,10,19H,8-9,11-12H2. The van der Waals surface area contributed by atoms with Crippen LogP contribution in [0.3, 0.4) is 0 Å². The summed E-state index contributed by atoms with van der Waals surface area (Å²) < 4.78 is 0. The van der Waals surface area contributed by atoms with Gasteiger partial charge in [0.15, 0.2) is 0 Å². The van der Waals surface area contributed by atoms with Crippen molar-refractivity contribution in [2.24, 2.45) is 5.41 Å². The van der Waals surface area contributed by atoms with Crippen LogP contribution >= 0.6 is 11.6 Å².